The highest BCUT2D eigenvalue weighted by Gasteiger charge is 2.23. The highest BCUT2D eigenvalue weighted by molar-refractivity contribution is 7.89. The van der Waals surface area contributed by atoms with Gasteiger partial charge >= 0.3 is 0 Å². The first-order chi connectivity index (χ1) is 9.50. The summed E-state index contributed by atoms with van der Waals surface area (Å²) in [4.78, 5) is 2.27. The van der Waals surface area contributed by atoms with E-state index < -0.39 is 10.0 Å². The van der Waals surface area contributed by atoms with Crippen molar-refractivity contribution in [2.75, 3.05) is 30.3 Å². The fourth-order valence-electron chi connectivity index (χ4n) is 2.47. The lowest BCUT2D eigenvalue weighted by atomic mass is 10.1. The van der Waals surface area contributed by atoms with Crippen LogP contribution in [0.25, 0.3) is 0 Å². The van der Waals surface area contributed by atoms with Crippen molar-refractivity contribution in [3.63, 3.8) is 0 Å². The lowest BCUT2D eigenvalue weighted by molar-refractivity contribution is 0.541. The molecule has 20 heavy (non-hydrogen) atoms. The molecule has 0 spiro atoms. The Kier molecular flexibility index (Phi) is 5.29. The van der Waals surface area contributed by atoms with Crippen molar-refractivity contribution in [3.8, 4) is 0 Å². The Labute approximate surface area is 126 Å². The minimum Gasteiger partial charge on any atom is -0.371 e. The second-order valence-corrected chi connectivity index (χ2v) is 7.61. The Morgan fingerprint density at radius 2 is 2.05 bits per heavy atom. The van der Waals surface area contributed by atoms with Crippen LogP contribution in [0.1, 0.15) is 19.8 Å². The van der Waals surface area contributed by atoms with Crippen LogP contribution in [0.5, 0.6) is 0 Å². The van der Waals surface area contributed by atoms with E-state index in [1.54, 1.807) is 0 Å². The summed E-state index contributed by atoms with van der Waals surface area (Å²) >= 11 is 5.88. The quantitative estimate of drug-likeness (QED) is 0.877. The number of benzene rings is 1. The van der Waals surface area contributed by atoms with E-state index in [-0.39, 0.29) is 5.75 Å². The highest BCUT2D eigenvalue weighted by atomic mass is 35.5. The Hall–Kier alpha value is -0.780. The Balaban J connectivity index is 1.85. The number of nitrogens with one attached hydrogen (secondary N) is 1. The molecule has 1 aliphatic rings. The number of anilines is 1. The van der Waals surface area contributed by atoms with Crippen molar-refractivity contribution in [1.29, 1.82) is 0 Å². The number of rotatable bonds is 6. The monoisotopic (exact) mass is 316 g/mol. The van der Waals surface area contributed by atoms with Crippen LogP contribution in [0, 0.1) is 5.92 Å². The second-order valence-electron chi connectivity index (χ2n) is 5.24. The van der Waals surface area contributed by atoms with Gasteiger partial charge in [-0.2, -0.15) is 0 Å². The third-order valence-corrected chi connectivity index (χ3v) is 5.35. The maximum absolute atomic E-state index is 11.6. The van der Waals surface area contributed by atoms with Crippen LogP contribution in [0.15, 0.2) is 24.3 Å². The zero-order valence-corrected chi connectivity index (χ0v) is 13.3. The van der Waals surface area contributed by atoms with Crippen molar-refractivity contribution in [3.05, 3.63) is 29.3 Å². The molecular weight excluding hydrogens is 296 g/mol. The van der Waals surface area contributed by atoms with Crippen molar-refractivity contribution in [1.82, 2.24) is 4.72 Å². The van der Waals surface area contributed by atoms with Crippen LogP contribution in [0.3, 0.4) is 0 Å². The summed E-state index contributed by atoms with van der Waals surface area (Å²) in [6.45, 7) is 4.25. The van der Waals surface area contributed by atoms with Gasteiger partial charge in [0.25, 0.3) is 0 Å². The molecule has 1 fully saturated rings. The number of nitrogens with zero attached hydrogens (tertiary/aromatic N) is 1. The van der Waals surface area contributed by atoms with E-state index >= 15 is 0 Å². The van der Waals surface area contributed by atoms with Crippen molar-refractivity contribution >= 4 is 27.3 Å². The van der Waals surface area contributed by atoms with E-state index in [4.69, 9.17) is 11.6 Å². The standard InChI is InChI=1S/C14H21ClN2O2S/c1-2-9-20(18,19)16-10-12-7-8-17(11-12)14-5-3-13(15)4-6-14/h3-6,12,16H,2,7-11H2,1H3. The zero-order chi connectivity index (χ0) is 14.6. The predicted molar refractivity (Wildman–Crippen MR) is 83.9 cm³/mol. The Bertz CT molecular complexity index is 531. The normalized spacial score (nSPS) is 19.5. The smallest absolute Gasteiger partial charge is 0.211 e. The molecule has 1 unspecified atom stereocenters. The summed E-state index contributed by atoms with van der Waals surface area (Å²) in [5.74, 6) is 0.581. The number of sulfonamides is 1. The molecular formula is C14H21ClN2O2S. The van der Waals surface area contributed by atoms with Gasteiger partial charge in [0.2, 0.25) is 10.0 Å². The number of hydrogen-bond acceptors (Lipinski definition) is 3. The van der Waals surface area contributed by atoms with E-state index in [2.05, 4.69) is 9.62 Å². The summed E-state index contributed by atoms with van der Waals surface area (Å²) in [5.41, 5.74) is 1.15. The molecule has 0 bridgehead atoms. The van der Waals surface area contributed by atoms with Crippen LogP contribution < -0.4 is 9.62 Å². The van der Waals surface area contributed by atoms with Crippen LogP contribution in [0.2, 0.25) is 5.02 Å². The molecule has 1 N–H and O–H groups in total. The molecule has 4 nitrogen and oxygen atoms in total. The molecule has 0 radical (unpaired) electrons. The predicted octanol–water partition coefficient (Wildman–Crippen LogP) is 2.50. The maximum Gasteiger partial charge on any atom is 0.211 e. The van der Waals surface area contributed by atoms with Gasteiger partial charge in [-0.05, 0) is 43.0 Å². The maximum atomic E-state index is 11.6. The van der Waals surface area contributed by atoms with Gasteiger partial charge in [0.15, 0.2) is 0 Å². The zero-order valence-electron chi connectivity index (χ0n) is 11.7. The van der Waals surface area contributed by atoms with Crippen molar-refractivity contribution in [2.45, 2.75) is 19.8 Å². The lowest BCUT2D eigenvalue weighted by Gasteiger charge is -2.19. The fraction of sp³-hybridized carbons (Fsp3) is 0.571. The van der Waals surface area contributed by atoms with Crippen LogP contribution in [-0.4, -0.2) is 33.8 Å². The summed E-state index contributed by atoms with van der Waals surface area (Å²) in [7, 11) is -3.09. The molecule has 1 aliphatic heterocycles. The fourth-order valence-corrected chi connectivity index (χ4v) is 3.77. The third-order valence-electron chi connectivity index (χ3n) is 3.54. The minimum absolute atomic E-state index is 0.209. The van der Waals surface area contributed by atoms with E-state index in [1.165, 1.54) is 0 Å². The van der Waals surface area contributed by atoms with E-state index in [0.29, 0.717) is 18.9 Å². The molecule has 1 aromatic carbocycles. The van der Waals surface area contributed by atoms with Gasteiger partial charge in [-0.1, -0.05) is 18.5 Å². The Morgan fingerprint density at radius 3 is 2.70 bits per heavy atom. The van der Waals surface area contributed by atoms with Gasteiger partial charge in [0.1, 0.15) is 0 Å². The van der Waals surface area contributed by atoms with Crippen molar-refractivity contribution in [2.24, 2.45) is 5.92 Å². The molecule has 1 atom stereocenters. The van der Waals surface area contributed by atoms with Gasteiger partial charge in [0.05, 0.1) is 5.75 Å². The lowest BCUT2D eigenvalue weighted by Crippen LogP contribution is -2.32. The first kappa shape index (κ1) is 15.6. The molecule has 112 valence electrons. The van der Waals surface area contributed by atoms with Crippen LogP contribution >= 0.6 is 11.6 Å². The van der Waals surface area contributed by atoms with Crippen LogP contribution in [0.4, 0.5) is 5.69 Å². The molecule has 1 aromatic rings. The highest BCUT2D eigenvalue weighted by Crippen LogP contribution is 2.24. The number of hydrogen-bond donors (Lipinski definition) is 1. The van der Waals surface area contributed by atoms with Gasteiger partial charge in [-0.3, -0.25) is 0 Å². The molecule has 1 heterocycles. The second kappa shape index (κ2) is 6.78. The van der Waals surface area contributed by atoms with Gasteiger partial charge in [0, 0.05) is 30.3 Å². The molecule has 0 aromatic heterocycles. The molecule has 2 rings (SSSR count). The molecule has 1 saturated heterocycles. The van der Waals surface area contributed by atoms with Gasteiger partial charge in [-0.15, -0.1) is 0 Å². The third kappa shape index (κ3) is 4.36. The van der Waals surface area contributed by atoms with Gasteiger partial charge in [-0.25, -0.2) is 13.1 Å². The minimum atomic E-state index is -3.09. The topological polar surface area (TPSA) is 49.4 Å². The van der Waals surface area contributed by atoms with Gasteiger partial charge < -0.3 is 4.90 Å². The number of halogens is 1. The summed E-state index contributed by atoms with van der Waals surface area (Å²) in [6, 6.07) is 7.78. The summed E-state index contributed by atoms with van der Waals surface area (Å²) < 4.78 is 26.0. The first-order valence-electron chi connectivity index (χ1n) is 6.98. The summed E-state index contributed by atoms with van der Waals surface area (Å²) in [5, 5.41) is 0.733. The molecule has 0 saturated carbocycles. The Morgan fingerprint density at radius 1 is 1.35 bits per heavy atom. The average Bonchev–Trinajstić information content (AvgIpc) is 2.86. The molecule has 0 amide bonds. The SMILES string of the molecule is CCCS(=O)(=O)NCC1CCN(c2ccc(Cl)cc2)C1. The molecule has 6 heteroatoms. The first-order valence-corrected chi connectivity index (χ1v) is 9.01. The average molecular weight is 317 g/mol. The van der Waals surface area contributed by atoms with E-state index in [0.717, 1.165) is 30.2 Å². The van der Waals surface area contributed by atoms with E-state index in [9.17, 15) is 8.42 Å². The summed E-state index contributed by atoms with van der Waals surface area (Å²) in [6.07, 6.45) is 1.66. The largest absolute Gasteiger partial charge is 0.371 e. The van der Waals surface area contributed by atoms with Crippen LogP contribution in [-0.2, 0) is 10.0 Å². The molecule has 0 aliphatic carbocycles. The van der Waals surface area contributed by atoms with E-state index in [1.807, 2.05) is 31.2 Å². The van der Waals surface area contributed by atoms with Crippen molar-refractivity contribution < 1.29 is 8.42 Å².